The highest BCUT2D eigenvalue weighted by Crippen LogP contribution is 2.43. The first-order valence-electron chi connectivity index (χ1n) is 14.1. The SMILES string of the molecule is C=CC(=O)N1C[C@H](C)N(c2nc(N3CC(N(C)C)C3)nc3c(F)c(-c4c(C)ccc5[nH]cc(F)c45)c(Cl)cc23)C[C@H]1C. The highest BCUT2D eigenvalue weighted by molar-refractivity contribution is 6.35. The number of fused-ring (bicyclic) bond motifs is 2. The number of halogens is 3. The van der Waals surface area contributed by atoms with Crippen LogP contribution in [0.5, 0.6) is 0 Å². The fraction of sp³-hybridized carbons (Fsp3) is 0.387. The van der Waals surface area contributed by atoms with E-state index in [9.17, 15) is 4.79 Å². The number of anilines is 2. The zero-order valence-electron chi connectivity index (χ0n) is 24.4. The van der Waals surface area contributed by atoms with Crippen molar-refractivity contribution in [1.82, 2.24) is 24.8 Å². The normalized spacial score (nSPS) is 19.7. The maximum Gasteiger partial charge on any atom is 0.246 e. The lowest BCUT2D eigenvalue weighted by Gasteiger charge is -2.45. The highest BCUT2D eigenvalue weighted by atomic mass is 35.5. The predicted octanol–water partition coefficient (Wildman–Crippen LogP) is 5.38. The highest BCUT2D eigenvalue weighted by Gasteiger charge is 2.36. The van der Waals surface area contributed by atoms with Gasteiger partial charge in [0.05, 0.1) is 5.02 Å². The van der Waals surface area contributed by atoms with Gasteiger partial charge in [-0.3, -0.25) is 4.79 Å². The van der Waals surface area contributed by atoms with E-state index in [1.165, 1.54) is 12.3 Å². The molecule has 6 rings (SSSR count). The van der Waals surface area contributed by atoms with Crippen LogP contribution in [-0.2, 0) is 4.79 Å². The zero-order chi connectivity index (χ0) is 30.0. The van der Waals surface area contributed by atoms with Crippen LogP contribution < -0.4 is 9.80 Å². The Balaban J connectivity index is 1.55. The van der Waals surface area contributed by atoms with Gasteiger partial charge in [0.2, 0.25) is 11.9 Å². The van der Waals surface area contributed by atoms with Gasteiger partial charge in [-0.1, -0.05) is 24.2 Å². The van der Waals surface area contributed by atoms with Crippen molar-refractivity contribution in [3.05, 3.63) is 59.3 Å². The molecule has 2 atom stereocenters. The number of likely N-dealkylation sites (N-methyl/N-ethyl adjacent to an activating group) is 1. The van der Waals surface area contributed by atoms with E-state index in [4.69, 9.17) is 21.6 Å². The van der Waals surface area contributed by atoms with Gasteiger partial charge in [-0.05, 0) is 58.6 Å². The second kappa shape index (κ2) is 10.5. The molecule has 42 heavy (non-hydrogen) atoms. The lowest BCUT2D eigenvalue weighted by molar-refractivity contribution is -0.128. The number of aromatic nitrogens is 3. The lowest BCUT2D eigenvalue weighted by Crippen LogP contribution is -2.59. The molecule has 2 aromatic carbocycles. The molecular formula is C31H34ClF2N7O. The van der Waals surface area contributed by atoms with Crippen molar-refractivity contribution in [2.45, 2.75) is 38.9 Å². The maximum atomic E-state index is 16.8. The maximum absolute atomic E-state index is 16.8. The van der Waals surface area contributed by atoms with E-state index >= 15 is 8.78 Å². The molecule has 4 aromatic rings. The van der Waals surface area contributed by atoms with Crippen LogP contribution in [0.25, 0.3) is 32.9 Å². The summed E-state index contributed by atoms with van der Waals surface area (Å²) in [4.78, 5) is 33.2. The van der Waals surface area contributed by atoms with Gasteiger partial charge in [-0.2, -0.15) is 4.98 Å². The van der Waals surface area contributed by atoms with Gasteiger partial charge in [-0.25, -0.2) is 13.8 Å². The minimum Gasteiger partial charge on any atom is -0.359 e. The van der Waals surface area contributed by atoms with Crippen molar-refractivity contribution >= 4 is 51.1 Å². The van der Waals surface area contributed by atoms with Crippen LogP contribution in [0.2, 0.25) is 5.02 Å². The van der Waals surface area contributed by atoms with Gasteiger partial charge in [0.1, 0.15) is 17.2 Å². The molecule has 2 aliphatic heterocycles. The van der Waals surface area contributed by atoms with Crippen molar-refractivity contribution in [2.24, 2.45) is 0 Å². The molecule has 0 unspecified atom stereocenters. The topological polar surface area (TPSA) is 71.6 Å². The van der Waals surface area contributed by atoms with E-state index in [0.29, 0.717) is 66.0 Å². The molecule has 2 aliphatic rings. The number of nitrogens with zero attached hydrogens (tertiary/aromatic N) is 6. The number of aromatic amines is 1. The van der Waals surface area contributed by atoms with Gasteiger partial charge in [-0.15, -0.1) is 0 Å². The molecule has 0 spiro atoms. The number of hydrogen-bond acceptors (Lipinski definition) is 6. The summed E-state index contributed by atoms with van der Waals surface area (Å²) in [7, 11) is 4.05. The molecule has 1 amide bonds. The van der Waals surface area contributed by atoms with Crippen LogP contribution in [-0.4, -0.2) is 89.1 Å². The average molecular weight is 594 g/mol. The Morgan fingerprint density at radius 3 is 2.55 bits per heavy atom. The first-order valence-corrected chi connectivity index (χ1v) is 14.4. The molecule has 2 aromatic heterocycles. The van der Waals surface area contributed by atoms with Gasteiger partial charge in [0, 0.05) is 77.9 Å². The number of aryl methyl sites for hydroxylation is 1. The number of H-pyrrole nitrogens is 1. The molecule has 2 fully saturated rings. The fourth-order valence-electron chi connectivity index (χ4n) is 6.16. The molecule has 11 heteroatoms. The van der Waals surface area contributed by atoms with Gasteiger partial charge < -0.3 is 24.6 Å². The molecule has 1 N–H and O–H groups in total. The number of hydrogen-bond donors (Lipinski definition) is 1. The minimum atomic E-state index is -0.621. The number of amides is 1. The molecule has 8 nitrogen and oxygen atoms in total. The molecule has 220 valence electrons. The third kappa shape index (κ3) is 4.48. The van der Waals surface area contributed by atoms with Crippen molar-refractivity contribution < 1.29 is 13.6 Å². The Kier molecular flexibility index (Phi) is 7.09. The summed E-state index contributed by atoms with van der Waals surface area (Å²) < 4.78 is 31.9. The largest absolute Gasteiger partial charge is 0.359 e. The summed E-state index contributed by atoms with van der Waals surface area (Å²) in [5.74, 6) is -0.242. The molecule has 0 saturated carbocycles. The number of carbonyl (C=O) groups excluding carboxylic acids is 1. The van der Waals surface area contributed by atoms with Gasteiger partial charge in [0.25, 0.3) is 0 Å². The summed E-state index contributed by atoms with van der Waals surface area (Å²) in [6, 6.07) is 5.37. The van der Waals surface area contributed by atoms with Crippen molar-refractivity contribution in [3.8, 4) is 11.1 Å². The van der Waals surface area contributed by atoms with E-state index in [-0.39, 0.29) is 39.5 Å². The number of rotatable bonds is 5. The van der Waals surface area contributed by atoms with Crippen LogP contribution in [0.4, 0.5) is 20.5 Å². The summed E-state index contributed by atoms with van der Waals surface area (Å²) in [5, 5.41) is 0.898. The second-order valence-corrected chi connectivity index (χ2v) is 12.1. The van der Waals surface area contributed by atoms with Crippen LogP contribution in [0, 0.1) is 18.6 Å². The minimum absolute atomic E-state index is 0.110. The molecule has 0 radical (unpaired) electrons. The van der Waals surface area contributed by atoms with E-state index < -0.39 is 11.6 Å². The van der Waals surface area contributed by atoms with Gasteiger partial charge in [0.15, 0.2) is 5.82 Å². The van der Waals surface area contributed by atoms with Crippen molar-refractivity contribution in [1.29, 1.82) is 0 Å². The van der Waals surface area contributed by atoms with Crippen molar-refractivity contribution in [3.63, 3.8) is 0 Å². The molecule has 4 heterocycles. The zero-order valence-corrected chi connectivity index (χ0v) is 25.1. The number of carbonyl (C=O) groups is 1. The number of piperazine rings is 1. The Morgan fingerprint density at radius 2 is 1.86 bits per heavy atom. The third-order valence-corrected chi connectivity index (χ3v) is 9.00. The van der Waals surface area contributed by atoms with Crippen molar-refractivity contribution in [2.75, 3.05) is 50.1 Å². The van der Waals surface area contributed by atoms with Crippen LogP contribution >= 0.6 is 11.6 Å². The van der Waals surface area contributed by atoms with E-state index in [1.807, 2.05) is 45.8 Å². The smallest absolute Gasteiger partial charge is 0.246 e. The van der Waals surface area contributed by atoms with Gasteiger partial charge >= 0.3 is 0 Å². The third-order valence-electron chi connectivity index (χ3n) is 8.70. The Labute approximate surface area is 248 Å². The lowest BCUT2D eigenvalue weighted by atomic mass is 9.94. The summed E-state index contributed by atoms with van der Waals surface area (Å²) in [6.07, 6.45) is 2.60. The molecule has 0 aliphatic carbocycles. The summed E-state index contributed by atoms with van der Waals surface area (Å²) >= 11 is 6.86. The van der Waals surface area contributed by atoms with Crippen LogP contribution in [0.1, 0.15) is 19.4 Å². The number of nitrogens with one attached hydrogen (secondary N) is 1. The standard InChI is InChI=1S/C31H34ClF2N7O/c1-7-24(42)40-12-18(4)41(13-17(40)3)30-20-10-21(32)26(25-16(2)8-9-23-27(25)22(33)11-35-23)28(34)29(20)36-31(37-30)39-14-19(15-39)38(5)6/h7-11,17-19,35H,1,12-15H2,2-6H3/t17-,18+/m1/s1. The molecular weight excluding hydrogens is 560 g/mol. The van der Waals surface area contributed by atoms with E-state index in [1.54, 1.807) is 17.0 Å². The number of benzene rings is 2. The molecule has 2 saturated heterocycles. The Morgan fingerprint density at radius 1 is 1.12 bits per heavy atom. The Bertz CT molecular complexity index is 1730. The van der Waals surface area contributed by atoms with Crippen LogP contribution in [0.15, 0.2) is 37.1 Å². The average Bonchev–Trinajstić information content (AvgIpc) is 3.30. The summed E-state index contributed by atoms with van der Waals surface area (Å²) in [5.41, 5.74) is 1.88. The van der Waals surface area contributed by atoms with E-state index in [0.717, 1.165) is 0 Å². The second-order valence-electron chi connectivity index (χ2n) is 11.7. The summed E-state index contributed by atoms with van der Waals surface area (Å²) in [6.45, 7) is 11.8. The fourth-order valence-corrected chi connectivity index (χ4v) is 6.45. The first kappa shape index (κ1) is 28.4. The predicted molar refractivity (Wildman–Crippen MR) is 164 cm³/mol. The first-order chi connectivity index (χ1) is 20.0. The Hall–Kier alpha value is -3.76. The van der Waals surface area contributed by atoms with Crippen LogP contribution in [0.3, 0.4) is 0 Å². The molecule has 0 bridgehead atoms. The monoisotopic (exact) mass is 593 g/mol. The quantitative estimate of drug-likeness (QED) is 0.313. The van der Waals surface area contributed by atoms with E-state index in [2.05, 4.69) is 21.4 Å².